The van der Waals surface area contributed by atoms with E-state index in [1.807, 2.05) is 0 Å². The number of nitrogens with zero attached hydrogens (tertiary/aromatic N) is 4. The molecule has 104 valence electrons. The molecule has 10 heteroatoms. The molecule has 0 radical (unpaired) electrons. The molecule has 0 aromatic rings. The van der Waals surface area contributed by atoms with Crippen LogP contribution in [0.25, 0.3) is 0 Å². The minimum absolute atomic E-state index is 0.0300. The minimum atomic E-state index is -5.04. The highest BCUT2D eigenvalue weighted by molar-refractivity contribution is 6.25. The quantitative estimate of drug-likeness (QED) is 0.391. The summed E-state index contributed by atoms with van der Waals surface area (Å²) in [6.45, 7) is 0. The van der Waals surface area contributed by atoms with Crippen molar-refractivity contribution in [3.05, 3.63) is 23.3 Å². The lowest BCUT2D eigenvalue weighted by molar-refractivity contribution is -0.0893. The van der Waals surface area contributed by atoms with Crippen LogP contribution in [-0.2, 0) is 0 Å². The van der Waals surface area contributed by atoms with Crippen molar-refractivity contribution in [1.82, 2.24) is 0 Å². The molecule has 1 aliphatic rings. The lowest BCUT2D eigenvalue weighted by Gasteiger charge is -2.19. The number of halogens is 6. The van der Waals surface area contributed by atoms with Gasteiger partial charge in [-0.3, -0.25) is 0 Å². The molecular formula is C10H2F6N4. The van der Waals surface area contributed by atoms with E-state index in [4.69, 9.17) is 10.5 Å². The molecule has 0 N–H and O–H groups in total. The average molecular weight is 292 g/mol. The fourth-order valence-corrected chi connectivity index (χ4v) is 1.32. The van der Waals surface area contributed by atoms with Crippen LogP contribution in [0.15, 0.2) is 33.3 Å². The number of aliphatic imine (C=N–C) groups is 2. The third kappa shape index (κ3) is 3.23. The van der Waals surface area contributed by atoms with E-state index in [1.165, 1.54) is 0 Å². The molecule has 0 spiro atoms. The summed E-state index contributed by atoms with van der Waals surface area (Å²) in [4.78, 5) is 5.42. The van der Waals surface area contributed by atoms with Crippen molar-refractivity contribution in [2.24, 2.45) is 9.98 Å². The molecule has 1 rings (SSSR count). The summed E-state index contributed by atoms with van der Waals surface area (Å²) in [5.41, 5.74) is -5.55. The van der Waals surface area contributed by atoms with Crippen molar-refractivity contribution in [2.45, 2.75) is 12.4 Å². The van der Waals surface area contributed by atoms with Crippen molar-refractivity contribution in [1.29, 1.82) is 10.5 Å². The van der Waals surface area contributed by atoms with Gasteiger partial charge in [0.15, 0.2) is 0 Å². The Kier molecular flexibility index (Phi) is 3.99. The molecule has 0 saturated heterocycles. The molecule has 0 saturated carbocycles. The van der Waals surface area contributed by atoms with Gasteiger partial charge in [-0.05, 0) is 12.2 Å². The van der Waals surface area contributed by atoms with Gasteiger partial charge >= 0.3 is 12.4 Å². The van der Waals surface area contributed by atoms with Crippen LogP contribution >= 0.6 is 0 Å². The van der Waals surface area contributed by atoms with Gasteiger partial charge in [0.25, 0.3) is 0 Å². The molecule has 20 heavy (non-hydrogen) atoms. The normalized spacial score (nSPS) is 20.2. The summed E-state index contributed by atoms with van der Waals surface area (Å²) in [5.74, 6) is 0. The highest BCUT2D eigenvalue weighted by atomic mass is 19.4. The van der Waals surface area contributed by atoms with Crippen molar-refractivity contribution >= 4 is 11.4 Å². The lowest BCUT2D eigenvalue weighted by atomic mass is 9.95. The molecule has 1 aliphatic carbocycles. The summed E-state index contributed by atoms with van der Waals surface area (Å²) in [7, 11) is 0. The molecular weight excluding hydrogens is 290 g/mol. The van der Waals surface area contributed by atoms with Crippen LogP contribution in [0.1, 0.15) is 0 Å². The van der Waals surface area contributed by atoms with Gasteiger partial charge in [-0.1, -0.05) is 0 Å². The van der Waals surface area contributed by atoms with Crippen LogP contribution in [0, 0.1) is 22.9 Å². The molecule has 0 aromatic carbocycles. The molecule has 0 amide bonds. The number of rotatable bonds is 0. The summed E-state index contributed by atoms with van der Waals surface area (Å²) < 4.78 is 75.9. The average Bonchev–Trinajstić information content (AvgIpc) is 2.28. The van der Waals surface area contributed by atoms with Crippen LogP contribution in [0.3, 0.4) is 0 Å². The Morgan fingerprint density at radius 2 is 1.05 bits per heavy atom. The zero-order chi connectivity index (χ0) is 15.6. The Morgan fingerprint density at radius 3 is 1.25 bits per heavy atom. The number of hydrogen-bond acceptors (Lipinski definition) is 4. The number of nitriles is 2. The topological polar surface area (TPSA) is 72.3 Å². The van der Waals surface area contributed by atoms with Gasteiger partial charge < -0.3 is 0 Å². The fourth-order valence-electron chi connectivity index (χ4n) is 1.32. The van der Waals surface area contributed by atoms with Crippen molar-refractivity contribution < 1.29 is 26.3 Å². The predicted octanol–water partition coefficient (Wildman–Crippen LogP) is 2.82. The largest absolute Gasteiger partial charge is 0.418 e. The maximum atomic E-state index is 12.6. The van der Waals surface area contributed by atoms with Crippen molar-refractivity contribution in [3.8, 4) is 12.4 Å². The second-order valence-corrected chi connectivity index (χ2v) is 3.31. The summed E-state index contributed by atoms with van der Waals surface area (Å²) >= 11 is 0. The Hall–Kier alpha value is -2.62. The van der Waals surface area contributed by atoms with Gasteiger partial charge in [-0.2, -0.15) is 46.9 Å². The van der Waals surface area contributed by atoms with E-state index in [2.05, 4.69) is 9.98 Å². The van der Waals surface area contributed by atoms with Crippen LogP contribution in [0.2, 0.25) is 0 Å². The Bertz CT molecular complexity index is 562. The van der Waals surface area contributed by atoms with Crippen molar-refractivity contribution in [3.63, 3.8) is 0 Å². The van der Waals surface area contributed by atoms with Gasteiger partial charge in [0.2, 0.25) is 12.4 Å². The first-order valence-corrected chi connectivity index (χ1v) is 4.63. The number of alkyl halides is 6. The van der Waals surface area contributed by atoms with Gasteiger partial charge in [0, 0.05) is 0 Å². The van der Waals surface area contributed by atoms with E-state index in [9.17, 15) is 26.3 Å². The van der Waals surface area contributed by atoms with Crippen LogP contribution in [0.4, 0.5) is 26.3 Å². The lowest BCUT2D eigenvalue weighted by Crippen LogP contribution is -2.29. The molecule has 0 aromatic heterocycles. The smallest absolute Gasteiger partial charge is 0.173 e. The standard InChI is InChI=1S/C10H2F6N4/c11-9(12,13)5-1-7(19-3-17)6(10(14,15)16)2-8(5)20-4-18/h1-2H. The molecule has 0 heterocycles. The zero-order valence-corrected chi connectivity index (χ0v) is 9.21. The first-order valence-electron chi connectivity index (χ1n) is 4.63. The Morgan fingerprint density at radius 1 is 0.750 bits per heavy atom. The predicted molar refractivity (Wildman–Crippen MR) is 54.4 cm³/mol. The summed E-state index contributed by atoms with van der Waals surface area (Å²) in [5, 5.41) is 16.5. The summed E-state index contributed by atoms with van der Waals surface area (Å²) in [6.07, 6.45) is -8.05. The number of allylic oxidation sites excluding steroid dienone is 4. The Labute approximate surface area is 107 Å². The molecule has 0 fully saturated rings. The summed E-state index contributed by atoms with van der Waals surface area (Å²) in [6, 6.07) is 0. The van der Waals surface area contributed by atoms with Gasteiger partial charge in [-0.15, -0.1) is 0 Å². The highest BCUT2D eigenvalue weighted by Crippen LogP contribution is 2.35. The van der Waals surface area contributed by atoms with Gasteiger partial charge in [-0.25, -0.2) is 0 Å². The monoisotopic (exact) mass is 292 g/mol. The number of hydrogen-bond donors (Lipinski definition) is 0. The zero-order valence-electron chi connectivity index (χ0n) is 9.21. The van der Waals surface area contributed by atoms with E-state index in [0.717, 1.165) is 12.4 Å². The van der Waals surface area contributed by atoms with E-state index in [-0.39, 0.29) is 12.2 Å². The third-order valence-corrected chi connectivity index (χ3v) is 2.07. The maximum absolute atomic E-state index is 12.6. The molecule has 0 aliphatic heterocycles. The second kappa shape index (κ2) is 5.17. The van der Waals surface area contributed by atoms with E-state index in [0.29, 0.717) is 0 Å². The van der Waals surface area contributed by atoms with Gasteiger partial charge in [0.05, 0.1) is 22.6 Å². The first-order chi connectivity index (χ1) is 9.11. The maximum Gasteiger partial charge on any atom is 0.418 e. The molecule has 4 nitrogen and oxygen atoms in total. The van der Waals surface area contributed by atoms with Crippen LogP contribution in [-0.4, -0.2) is 23.8 Å². The van der Waals surface area contributed by atoms with E-state index >= 15 is 0 Å². The molecule has 0 bridgehead atoms. The first kappa shape index (κ1) is 15.4. The SMILES string of the molecule is N#CN=C1C=C(C(F)(F)F)C(=NC#N)C=C1C(F)(F)F. The van der Waals surface area contributed by atoms with Crippen LogP contribution < -0.4 is 0 Å². The molecule has 0 unspecified atom stereocenters. The fraction of sp³-hybridized carbons (Fsp3) is 0.200. The second-order valence-electron chi connectivity index (χ2n) is 3.31. The van der Waals surface area contributed by atoms with Gasteiger partial charge in [0.1, 0.15) is 0 Å². The van der Waals surface area contributed by atoms with E-state index in [1.54, 1.807) is 0 Å². The van der Waals surface area contributed by atoms with Crippen LogP contribution in [0.5, 0.6) is 0 Å². The molecule has 0 atom stereocenters. The van der Waals surface area contributed by atoms with Crippen molar-refractivity contribution in [2.75, 3.05) is 0 Å². The third-order valence-electron chi connectivity index (χ3n) is 2.07. The highest BCUT2D eigenvalue weighted by Gasteiger charge is 2.44. The Balaban J connectivity index is 3.56. The van der Waals surface area contributed by atoms with E-state index < -0.39 is 34.9 Å². The minimum Gasteiger partial charge on any atom is -0.173 e.